The molecule has 1 heterocycles. The first-order valence-corrected chi connectivity index (χ1v) is 9.08. The number of halogens is 1. The summed E-state index contributed by atoms with van der Waals surface area (Å²) in [5.41, 5.74) is 2.36. The number of hydrogen-bond donors (Lipinski definition) is 2. The molecule has 0 bridgehead atoms. The number of para-hydroxylation sites is 1. The Kier molecular flexibility index (Phi) is 8.22. The van der Waals surface area contributed by atoms with E-state index in [-0.39, 0.29) is 36.1 Å². The lowest BCUT2D eigenvalue weighted by molar-refractivity contribution is 0.223. The van der Waals surface area contributed by atoms with Crippen molar-refractivity contribution in [1.82, 2.24) is 10.6 Å². The fourth-order valence-electron chi connectivity index (χ4n) is 3.05. The Labute approximate surface area is 178 Å². The van der Waals surface area contributed by atoms with Crippen LogP contribution in [-0.2, 0) is 0 Å². The third-order valence-electron chi connectivity index (χ3n) is 4.38. The van der Waals surface area contributed by atoms with Gasteiger partial charge in [-0.3, -0.25) is 4.99 Å². The molecule has 0 amide bonds. The number of fused-ring (bicyclic) bond motifs is 1. The van der Waals surface area contributed by atoms with Gasteiger partial charge in [-0.05, 0) is 37.6 Å². The van der Waals surface area contributed by atoms with Gasteiger partial charge in [0.15, 0.2) is 5.96 Å². The Hall–Kier alpha value is -1.96. The van der Waals surface area contributed by atoms with E-state index in [0.29, 0.717) is 13.2 Å². The molecule has 2 aromatic rings. The van der Waals surface area contributed by atoms with Crippen LogP contribution in [0.25, 0.3) is 0 Å². The second-order valence-electron chi connectivity index (χ2n) is 6.57. The molecule has 0 aliphatic carbocycles. The van der Waals surface area contributed by atoms with Gasteiger partial charge in [0.1, 0.15) is 17.6 Å². The average molecular weight is 481 g/mol. The van der Waals surface area contributed by atoms with E-state index in [9.17, 15) is 0 Å². The maximum absolute atomic E-state index is 5.97. The zero-order valence-electron chi connectivity index (χ0n) is 16.1. The summed E-state index contributed by atoms with van der Waals surface area (Å²) in [7, 11) is 1.78. The number of hydrogen-bond acceptors (Lipinski definition) is 3. The lowest BCUT2D eigenvalue weighted by Gasteiger charge is -2.28. The van der Waals surface area contributed by atoms with Crippen LogP contribution in [0.5, 0.6) is 11.5 Å². The summed E-state index contributed by atoms with van der Waals surface area (Å²) < 4.78 is 11.7. The molecule has 2 N–H and O–H groups in total. The summed E-state index contributed by atoms with van der Waals surface area (Å²) in [6.07, 6.45) is 0.935. The molecule has 0 spiro atoms. The summed E-state index contributed by atoms with van der Waals surface area (Å²) in [6, 6.07) is 16.4. The highest BCUT2D eigenvalue weighted by atomic mass is 127. The van der Waals surface area contributed by atoms with Gasteiger partial charge in [-0.25, -0.2) is 0 Å². The van der Waals surface area contributed by atoms with E-state index in [4.69, 9.17) is 9.47 Å². The second-order valence-corrected chi connectivity index (χ2v) is 6.57. The predicted octanol–water partition coefficient (Wildman–Crippen LogP) is 4.07. The number of guanidine groups is 1. The van der Waals surface area contributed by atoms with Gasteiger partial charge < -0.3 is 20.1 Å². The molecule has 0 saturated heterocycles. The van der Waals surface area contributed by atoms with Crippen LogP contribution >= 0.6 is 24.0 Å². The van der Waals surface area contributed by atoms with Crippen LogP contribution in [-0.4, -0.2) is 32.3 Å². The van der Waals surface area contributed by atoms with E-state index in [0.717, 1.165) is 23.9 Å². The summed E-state index contributed by atoms with van der Waals surface area (Å²) >= 11 is 0. The highest BCUT2D eigenvalue weighted by Gasteiger charge is 2.21. The Balaban J connectivity index is 0.00000261. The van der Waals surface area contributed by atoms with E-state index in [1.165, 1.54) is 11.1 Å². The standard InChI is InChI=1S/C21H27N3O2.HI/c1-15-7-6-8-17(13-15)26-16(2)14-23-21(22-3)24-19-11-12-25-20-10-5-4-9-18(19)20;/h4-10,13,16,19H,11-12,14H2,1-3H3,(H2,22,23,24);1H. The third kappa shape index (κ3) is 6.02. The van der Waals surface area contributed by atoms with Crippen molar-refractivity contribution in [1.29, 1.82) is 0 Å². The van der Waals surface area contributed by atoms with Crippen molar-refractivity contribution in [3.05, 3.63) is 59.7 Å². The molecule has 3 rings (SSSR count). The van der Waals surface area contributed by atoms with Gasteiger partial charge in [0.25, 0.3) is 0 Å². The van der Waals surface area contributed by atoms with E-state index in [1.807, 2.05) is 43.3 Å². The van der Waals surface area contributed by atoms with Crippen molar-refractivity contribution < 1.29 is 9.47 Å². The molecular formula is C21H28IN3O2. The van der Waals surface area contributed by atoms with Gasteiger partial charge in [0.05, 0.1) is 19.2 Å². The first-order valence-electron chi connectivity index (χ1n) is 9.08. The fraction of sp³-hybridized carbons (Fsp3) is 0.381. The molecule has 0 radical (unpaired) electrons. The van der Waals surface area contributed by atoms with Crippen molar-refractivity contribution in [3.63, 3.8) is 0 Å². The SMILES string of the molecule is CN=C(NCC(C)Oc1cccc(C)c1)NC1CCOc2ccccc21.I. The molecule has 0 fully saturated rings. The van der Waals surface area contributed by atoms with E-state index in [2.05, 4.69) is 34.7 Å². The second kappa shape index (κ2) is 10.4. The Morgan fingerprint density at radius 3 is 2.85 bits per heavy atom. The Morgan fingerprint density at radius 1 is 1.26 bits per heavy atom. The summed E-state index contributed by atoms with van der Waals surface area (Å²) in [6.45, 7) is 5.48. The van der Waals surface area contributed by atoms with Gasteiger partial charge in [-0.1, -0.05) is 30.3 Å². The first-order chi connectivity index (χ1) is 12.7. The number of nitrogens with one attached hydrogen (secondary N) is 2. The smallest absolute Gasteiger partial charge is 0.191 e. The maximum Gasteiger partial charge on any atom is 0.191 e. The van der Waals surface area contributed by atoms with Gasteiger partial charge >= 0.3 is 0 Å². The fourth-order valence-corrected chi connectivity index (χ4v) is 3.05. The lowest BCUT2D eigenvalue weighted by atomic mass is 10.0. The van der Waals surface area contributed by atoms with Crippen molar-refractivity contribution >= 4 is 29.9 Å². The van der Waals surface area contributed by atoms with E-state index >= 15 is 0 Å². The van der Waals surface area contributed by atoms with Crippen molar-refractivity contribution in [3.8, 4) is 11.5 Å². The minimum atomic E-state index is 0. The number of benzene rings is 2. The van der Waals surface area contributed by atoms with E-state index < -0.39 is 0 Å². The quantitative estimate of drug-likeness (QED) is 0.384. The van der Waals surface area contributed by atoms with Crippen LogP contribution in [0.4, 0.5) is 0 Å². The topological polar surface area (TPSA) is 54.9 Å². The summed E-state index contributed by atoms with van der Waals surface area (Å²) in [5, 5.41) is 6.85. The number of rotatable bonds is 5. The Morgan fingerprint density at radius 2 is 2.07 bits per heavy atom. The number of aliphatic imine (C=N–C) groups is 1. The first kappa shape index (κ1) is 21.3. The van der Waals surface area contributed by atoms with Crippen molar-refractivity contribution in [2.24, 2.45) is 4.99 Å². The van der Waals surface area contributed by atoms with E-state index in [1.54, 1.807) is 7.05 Å². The van der Waals surface area contributed by atoms with Crippen LogP contribution < -0.4 is 20.1 Å². The highest BCUT2D eigenvalue weighted by molar-refractivity contribution is 14.0. The average Bonchev–Trinajstić information content (AvgIpc) is 2.65. The van der Waals surface area contributed by atoms with Crippen LogP contribution in [0.3, 0.4) is 0 Å². The zero-order chi connectivity index (χ0) is 18.4. The summed E-state index contributed by atoms with van der Waals surface area (Å²) in [5.74, 6) is 2.61. The van der Waals surface area contributed by atoms with Crippen LogP contribution in [0.1, 0.15) is 30.5 Å². The minimum Gasteiger partial charge on any atom is -0.493 e. The molecule has 6 heteroatoms. The van der Waals surface area contributed by atoms with Crippen LogP contribution in [0.15, 0.2) is 53.5 Å². The van der Waals surface area contributed by atoms with Gasteiger partial charge in [0, 0.05) is 19.0 Å². The van der Waals surface area contributed by atoms with Crippen LogP contribution in [0, 0.1) is 6.92 Å². The minimum absolute atomic E-state index is 0. The number of nitrogens with zero attached hydrogens (tertiary/aromatic N) is 1. The molecule has 5 nitrogen and oxygen atoms in total. The highest BCUT2D eigenvalue weighted by Crippen LogP contribution is 2.31. The predicted molar refractivity (Wildman–Crippen MR) is 120 cm³/mol. The third-order valence-corrected chi connectivity index (χ3v) is 4.38. The lowest BCUT2D eigenvalue weighted by Crippen LogP contribution is -2.44. The molecule has 1 aliphatic heterocycles. The molecular weight excluding hydrogens is 453 g/mol. The molecule has 146 valence electrons. The molecule has 27 heavy (non-hydrogen) atoms. The monoisotopic (exact) mass is 481 g/mol. The van der Waals surface area contributed by atoms with Gasteiger partial charge in [0.2, 0.25) is 0 Å². The molecule has 1 aliphatic rings. The Bertz CT molecular complexity index is 767. The molecule has 0 aromatic heterocycles. The largest absolute Gasteiger partial charge is 0.493 e. The zero-order valence-corrected chi connectivity index (χ0v) is 18.4. The molecule has 2 aromatic carbocycles. The molecule has 2 unspecified atom stereocenters. The van der Waals surface area contributed by atoms with Crippen LogP contribution in [0.2, 0.25) is 0 Å². The van der Waals surface area contributed by atoms with Gasteiger partial charge in [-0.2, -0.15) is 0 Å². The normalized spacial score (nSPS) is 17.0. The molecule has 0 saturated carbocycles. The number of aryl methyl sites for hydroxylation is 1. The molecule has 2 atom stereocenters. The van der Waals surface area contributed by atoms with Crippen molar-refractivity contribution in [2.75, 3.05) is 20.2 Å². The maximum atomic E-state index is 5.97. The van der Waals surface area contributed by atoms with Crippen molar-refractivity contribution in [2.45, 2.75) is 32.4 Å². The summed E-state index contributed by atoms with van der Waals surface area (Å²) in [4.78, 5) is 4.35. The number of ether oxygens (including phenoxy) is 2. The van der Waals surface area contributed by atoms with Gasteiger partial charge in [-0.15, -0.1) is 24.0 Å².